The number of carbonyl (C=O) groups excluding carboxylic acids is 1. The molecule has 1 saturated heterocycles. The molecule has 1 aliphatic rings. The molecule has 0 aromatic heterocycles. The van der Waals surface area contributed by atoms with Crippen molar-refractivity contribution in [2.45, 2.75) is 51.6 Å². The van der Waals surface area contributed by atoms with Gasteiger partial charge < -0.3 is 15.5 Å². The molecule has 0 aliphatic carbocycles. The van der Waals surface area contributed by atoms with Crippen molar-refractivity contribution in [2.75, 3.05) is 31.5 Å². The van der Waals surface area contributed by atoms with Crippen LogP contribution in [0.5, 0.6) is 0 Å². The molecule has 2 N–H and O–H groups in total. The number of nitrogens with one attached hydrogen (secondary N) is 2. The molecule has 35 heavy (non-hydrogen) atoms. The van der Waals surface area contributed by atoms with Crippen LogP contribution in [-0.4, -0.2) is 37.1 Å². The molecule has 1 aliphatic heterocycles. The first-order valence-corrected chi connectivity index (χ1v) is 12.5. The van der Waals surface area contributed by atoms with Gasteiger partial charge in [0.2, 0.25) is 0 Å². The molecule has 1 heterocycles. The molecule has 0 saturated carbocycles. The number of nitrogens with zero attached hydrogens (tertiary/aromatic N) is 1. The second-order valence-electron chi connectivity index (χ2n) is 9.25. The summed E-state index contributed by atoms with van der Waals surface area (Å²) < 4.78 is 39.5. The minimum absolute atomic E-state index is 0.153. The third-order valence-corrected chi connectivity index (χ3v) is 6.33. The minimum Gasteiger partial charge on any atom is -0.320 e. The molecule has 3 rings (SSSR count). The quantitative estimate of drug-likeness (QED) is 0.348. The Morgan fingerprint density at radius 1 is 1.09 bits per heavy atom. The second-order valence-corrected chi connectivity index (χ2v) is 9.25. The lowest BCUT2D eigenvalue weighted by molar-refractivity contribution is -0.137. The molecule has 2 aromatic rings. The van der Waals surface area contributed by atoms with E-state index in [2.05, 4.69) is 23.6 Å². The van der Waals surface area contributed by atoms with Gasteiger partial charge in [0.15, 0.2) is 0 Å². The van der Waals surface area contributed by atoms with Gasteiger partial charge in [-0.2, -0.15) is 13.2 Å². The number of hydrogen-bond donors (Lipinski definition) is 2. The van der Waals surface area contributed by atoms with Crippen molar-refractivity contribution in [1.29, 1.82) is 0 Å². The molecule has 190 valence electrons. The summed E-state index contributed by atoms with van der Waals surface area (Å²) in [6.07, 6.45) is 3.75. The Morgan fingerprint density at radius 3 is 2.51 bits per heavy atom. The molecule has 2 aromatic carbocycles. The van der Waals surface area contributed by atoms with Gasteiger partial charge in [0.1, 0.15) is 0 Å². The molecule has 0 radical (unpaired) electrons. The highest BCUT2D eigenvalue weighted by molar-refractivity contribution is 5.89. The van der Waals surface area contributed by atoms with E-state index in [1.165, 1.54) is 12.1 Å². The zero-order chi connectivity index (χ0) is 25.1. The number of unbranched alkanes of at least 4 members (excludes halogenated alkanes) is 2. The van der Waals surface area contributed by atoms with Crippen molar-refractivity contribution in [1.82, 2.24) is 10.2 Å². The topological polar surface area (TPSA) is 44.4 Å². The maximum atomic E-state index is 13.4. The van der Waals surface area contributed by atoms with E-state index in [4.69, 9.17) is 0 Å². The van der Waals surface area contributed by atoms with Crippen LogP contribution in [0, 0.1) is 5.92 Å². The Kier molecular flexibility index (Phi) is 10.2. The van der Waals surface area contributed by atoms with Crippen LogP contribution in [0.1, 0.15) is 56.6 Å². The summed E-state index contributed by atoms with van der Waals surface area (Å²) in [6, 6.07) is 14.5. The summed E-state index contributed by atoms with van der Waals surface area (Å²) in [6.45, 7) is 5.01. The van der Waals surface area contributed by atoms with Gasteiger partial charge in [-0.05, 0) is 68.5 Å². The number of piperidine rings is 1. The van der Waals surface area contributed by atoms with E-state index in [-0.39, 0.29) is 11.7 Å². The third kappa shape index (κ3) is 9.06. The van der Waals surface area contributed by atoms with E-state index in [0.29, 0.717) is 19.0 Å². The lowest BCUT2D eigenvalue weighted by atomic mass is 9.97. The summed E-state index contributed by atoms with van der Waals surface area (Å²) >= 11 is 0. The van der Waals surface area contributed by atoms with Crippen molar-refractivity contribution >= 4 is 17.8 Å². The number of anilines is 1. The average Bonchev–Trinajstić information content (AvgIpc) is 2.84. The van der Waals surface area contributed by atoms with Crippen LogP contribution >= 0.6 is 0 Å². The van der Waals surface area contributed by atoms with Crippen molar-refractivity contribution in [3.8, 4) is 0 Å². The number of halogens is 3. The zero-order valence-electron chi connectivity index (χ0n) is 20.4. The second kappa shape index (κ2) is 13.3. The van der Waals surface area contributed by atoms with Gasteiger partial charge in [-0.25, -0.2) is 4.79 Å². The van der Waals surface area contributed by atoms with Crippen molar-refractivity contribution in [3.05, 3.63) is 71.3 Å². The van der Waals surface area contributed by atoms with Crippen LogP contribution in [-0.2, 0) is 6.18 Å². The molecule has 0 bridgehead atoms. The third-order valence-electron chi connectivity index (χ3n) is 6.33. The fraction of sp³-hybridized carbons (Fsp3) is 0.464. The molecule has 1 fully saturated rings. The van der Waals surface area contributed by atoms with Crippen LogP contribution < -0.4 is 10.6 Å². The van der Waals surface area contributed by atoms with Crippen LogP contribution in [0.4, 0.5) is 23.7 Å². The number of benzene rings is 2. The van der Waals surface area contributed by atoms with E-state index in [0.717, 1.165) is 74.9 Å². The van der Waals surface area contributed by atoms with Gasteiger partial charge in [0.05, 0.1) is 5.56 Å². The highest BCUT2D eigenvalue weighted by Crippen LogP contribution is 2.31. The highest BCUT2D eigenvalue weighted by Gasteiger charge is 2.30. The summed E-state index contributed by atoms with van der Waals surface area (Å²) in [5.41, 5.74) is 1.61. The number of amides is 2. The monoisotopic (exact) mass is 487 g/mol. The van der Waals surface area contributed by atoms with Crippen LogP contribution in [0.25, 0.3) is 6.08 Å². The lowest BCUT2D eigenvalue weighted by Crippen LogP contribution is -2.42. The predicted molar refractivity (Wildman–Crippen MR) is 136 cm³/mol. The van der Waals surface area contributed by atoms with Gasteiger partial charge in [0, 0.05) is 18.8 Å². The van der Waals surface area contributed by atoms with Gasteiger partial charge in [0.25, 0.3) is 0 Å². The number of rotatable bonds is 10. The number of urea groups is 1. The van der Waals surface area contributed by atoms with E-state index in [9.17, 15) is 18.0 Å². The largest absolute Gasteiger partial charge is 0.416 e. The average molecular weight is 488 g/mol. The standard InChI is InChI=1S/C28H36F3N3O/c1-2-3-5-11-24(18-22-9-6-4-7-10-22)21-34(20-23-14-16-32-17-15-23)27(35)33-26-13-8-12-25(19-26)28(29,30)31/h4,6-10,12-13,18-19,23,32H,2-3,5,11,14-17,20-21H2,1H3,(H,33,35). The zero-order valence-corrected chi connectivity index (χ0v) is 20.4. The van der Waals surface area contributed by atoms with E-state index >= 15 is 0 Å². The van der Waals surface area contributed by atoms with Crippen molar-refractivity contribution in [2.24, 2.45) is 5.92 Å². The highest BCUT2D eigenvalue weighted by atomic mass is 19.4. The maximum Gasteiger partial charge on any atom is 0.416 e. The summed E-state index contributed by atoms with van der Waals surface area (Å²) in [4.78, 5) is 15.1. The molecule has 4 nitrogen and oxygen atoms in total. The van der Waals surface area contributed by atoms with Gasteiger partial charge in [-0.15, -0.1) is 0 Å². The maximum absolute atomic E-state index is 13.4. The van der Waals surface area contributed by atoms with Crippen molar-refractivity contribution in [3.63, 3.8) is 0 Å². The molecular formula is C28H36F3N3O. The Balaban J connectivity index is 1.81. The predicted octanol–water partition coefficient (Wildman–Crippen LogP) is 7.20. The van der Waals surface area contributed by atoms with Crippen LogP contribution in [0.2, 0.25) is 0 Å². The van der Waals surface area contributed by atoms with E-state index in [1.807, 2.05) is 30.3 Å². The first-order chi connectivity index (χ1) is 16.8. The number of hydrogen-bond acceptors (Lipinski definition) is 2. The summed E-state index contributed by atoms with van der Waals surface area (Å²) in [5, 5.41) is 6.07. The number of carbonyl (C=O) groups is 1. The molecule has 0 atom stereocenters. The smallest absolute Gasteiger partial charge is 0.320 e. The Morgan fingerprint density at radius 2 is 1.83 bits per heavy atom. The summed E-state index contributed by atoms with van der Waals surface area (Å²) in [7, 11) is 0. The molecule has 0 spiro atoms. The molecular weight excluding hydrogens is 451 g/mol. The first kappa shape index (κ1) is 26.8. The minimum atomic E-state index is -4.46. The normalized spacial score (nSPS) is 15.1. The molecule has 2 amide bonds. The van der Waals surface area contributed by atoms with Gasteiger partial charge in [-0.1, -0.05) is 67.8 Å². The summed E-state index contributed by atoms with van der Waals surface area (Å²) in [5.74, 6) is 0.358. The van der Waals surface area contributed by atoms with Gasteiger partial charge in [-0.3, -0.25) is 0 Å². The van der Waals surface area contributed by atoms with Crippen molar-refractivity contribution < 1.29 is 18.0 Å². The Labute approximate surface area is 206 Å². The first-order valence-electron chi connectivity index (χ1n) is 12.5. The van der Waals surface area contributed by atoms with Crippen LogP contribution in [0.15, 0.2) is 60.2 Å². The molecule has 7 heteroatoms. The SMILES string of the molecule is CCCCCC(=Cc1ccccc1)CN(CC1CCNCC1)C(=O)Nc1cccc(C(F)(F)F)c1. The van der Waals surface area contributed by atoms with E-state index < -0.39 is 11.7 Å². The fourth-order valence-electron chi connectivity index (χ4n) is 4.40. The molecule has 0 unspecified atom stereocenters. The van der Waals surface area contributed by atoms with E-state index in [1.54, 1.807) is 4.90 Å². The number of alkyl halides is 3. The lowest BCUT2D eigenvalue weighted by Gasteiger charge is -2.31. The van der Waals surface area contributed by atoms with Gasteiger partial charge >= 0.3 is 12.2 Å². The Hall–Kier alpha value is -2.80. The Bertz CT molecular complexity index is 953. The van der Waals surface area contributed by atoms with Crippen LogP contribution in [0.3, 0.4) is 0 Å². The fourth-order valence-corrected chi connectivity index (χ4v) is 4.40.